The molecule has 3 aromatic carbocycles. The molecule has 5 nitrogen and oxygen atoms in total. The number of anilines is 1. The fourth-order valence-electron chi connectivity index (χ4n) is 4.12. The van der Waals surface area contributed by atoms with Gasteiger partial charge >= 0.3 is 6.03 Å². The van der Waals surface area contributed by atoms with Gasteiger partial charge in [-0.15, -0.1) is 0 Å². The Morgan fingerprint density at radius 3 is 2.14 bits per heavy atom. The smallest absolute Gasteiger partial charge is 0.319 e. The summed E-state index contributed by atoms with van der Waals surface area (Å²) in [6.07, 6.45) is 5.33. The number of nitrogens with one attached hydrogen (secondary N) is 2. The highest BCUT2D eigenvalue weighted by Gasteiger charge is 2.06. The Bertz CT molecular complexity index is 1280. The molecule has 0 aliphatic rings. The van der Waals surface area contributed by atoms with Crippen molar-refractivity contribution in [2.24, 2.45) is 5.73 Å². The Labute approximate surface area is 208 Å². The predicted octanol–water partition coefficient (Wildman–Crippen LogP) is 6.02. The van der Waals surface area contributed by atoms with Crippen LogP contribution in [0, 0.1) is 27.7 Å². The molecule has 4 aromatic rings. The van der Waals surface area contributed by atoms with Gasteiger partial charge in [-0.1, -0.05) is 59.7 Å². The maximum atomic E-state index is 12.1. The number of pyridine rings is 1. The molecule has 0 radical (unpaired) electrons. The van der Waals surface area contributed by atoms with Crippen molar-refractivity contribution in [3.05, 3.63) is 106 Å². The molecular formula is C30H36N4O. The second kappa shape index (κ2) is 12.7. The summed E-state index contributed by atoms with van der Waals surface area (Å²) in [7, 11) is 0. The van der Waals surface area contributed by atoms with Gasteiger partial charge in [0.15, 0.2) is 0 Å². The average molecular weight is 469 g/mol. The van der Waals surface area contributed by atoms with Gasteiger partial charge in [-0.3, -0.25) is 4.98 Å². The van der Waals surface area contributed by atoms with Crippen molar-refractivity contribution in [1.29, 1.82) is 0 Å². The van der Waals surface area contributed by atoms with E-state index in [1.807, 2.05) is 24.3 Å². The first kappa shape index (κ1) is 25.9. The first-order chi connectivity index (χ1) is 16.9. The maximum absolute atomic E-state index is 12.1. The van der Waals surface area contributed by atoms with Crippen molar-refractivity contribution < 1.29 is 4.79 Å². The number of rotatable bonds is 6. The molecule has 0 aliphatic heterocycles. The Morgan fingerprint density at radius 2 is 1.51 bits per heavy atom. The number of urea groups is 1. The number of fused-ring (bicyclic) bond motifs is 1. The molecule has 1 aromatic heterocycles. The second-order valence-electron chi connectivity index (χ2n) is 8.93. The topological polar surface area (TPSA) is 80.0 Å². The Kier molecular flexibility index (Phi) is 9.39. The van der Waals surface area contributed by atoms with E-state index in [0.717, 1.165) is 35.8 Å². The van der Waals surface area contributed by atoms with Crippen LogP contribution in [0.5, 0.6) is 0 Å². The van der Waals surface area contributed by atoms with Crippen LogP contribution in [0.3, 0.4) is 0 Å². The molecule has 2 amide bonds. The Morgan fingerprint density at radius 1 is 0.857 bits per heavy atom. The van der Waals surface area contributed by atoms with Gasteiger partial charge in [0.05, 0.1) is 5.69 Å². The van der Waals surface area contributed by atoms with E-state index < -0.39 is 0 Å². The number of benzene rings is 3. The zero-order valence-electron chi connectivity index (χ0n) is 21.2. The van der Waals surface area contributed by atoms with E-state index in [4.69, 9.17) is 5.73 Å². The first-order valence-electron chi connectivity index (χ1n) is 12.1. The van der Waals surface area contributed by atoms with E-state index in [0.29, 0.717) is 6.54 Å². The van der Waals surface area contributed by atoms with Crippen molar-refractivity contribution >= 4 is 22.5 Å². The molecular weight excluding hydrogens is 432 g/mol. The van der Waals surface area contributed by atoms with Crippen LogP contribution in [-0.4, -0.2) is 24.1 Å². The van der Waals surface area contributed by atoms with E-state index in [1.165, 1.54) is 33.4 Å². The van der Waals surface area contributed by atoms with E-state index in [9.17, 15) is 4.79 Å². The molecule has 182 valence electrons. The third-order valence-corrected chi connectivity index (χ3v) is 6.02. The van der Waals surface area contributed by atoms with Gasteiger partial charge in [0.25, 0.3) is 0 Å². The molecule has 5 heteroatoms. The fourth-order valence-corrected chi connectivity index (χ4v) is 4.12. The molecule has 1 heterocycles. The number of amides is 2. The van der Waals surface area contributed by atoms with Crippen LogP contribution >= 0.6 is 0 Å². The van der Waals surface area contributed by atoms with Crippen LogP contribution in [0.2, 0.25) is 0 Å². The van der Waals surface area contributed by atoms with Crippen molar-refractivity contribution in [3.8, 4) is 0 Å². The largest absolute Gasteiger partial charge is 0.338 e. The van der Waals surface area contributed by atoms with E-state index in [-0.39, 0.29) is 6.03 Å². The number of nitrogens with zero attached hydrogens (tertiary/aromatic N) is 1. The van der Waals surface area contributed by atoms with Gasteiger partial charge in [-0.25, -0.2) is 4.79 Å². The highest BCUT2D eigenvalue weighted by atomic mass is 16.2. The van der Waals surface area contributed by atoms with Gasteiger partial charge in [-0.2, -0.15) is 0 Å². The third kappa shape index (κ3) is 7.66. The molecule has 4 N–H and O–H groups in total. The van der Waals surface area contributed by atoms with Crippen LogP contribution in [0.1, 0.15) is 33.4 Å². The maximum Gasteiger partial charge on any atom is 0.319 e. The third-order valence-electron chi connectivity index (χ3n) is 6.02. The Hall–Kier alpha value is -3.70. The number of nitrogens with two attached hydrogens (primary N) is 1. The van der Waals surface area contributed by atoms with E-state index in [1.54, 1.807) is 12.4 Å². The lowest BCUT2D eigenvalue weighted by atomic mass is 10.0. The molecule has 0 aliphatic carbocycles. The van der Waals surface area contributed by atoms with Crippen LogP contribution in [0.4, 0.5) is 10.5 Å². The van der Waals surface area contributed by atoms with Gasteiger partial charge in [-0.05, 0) is 81.5 Å². The predicted molar refractivity (Wildman–Crippen MR) is 147 cm³/mol. The van der Waals surface area contributed by atoms with Gasteiger partial charge in [0, 0.05) is 29.7 Å². The quantitative estimate of drug-likeness (QED) is 0.324. The summed E-state index contributed by atoms with van der Waals surface area (Å²) in [5, 5.41) is 7.83. The molecule has 0 bridgehead atoms. The number of hydrogen-bond acceptors (Lipinski definition) is 3. The van der Waals surface area contributed by atoms with E-state index >= 15 is 0 Å². The summed E-state index contributed by atoms with van der Waals surface area (Å²) in [5.74, 6) is 0. The first-order valence-corrected chi connectivity index (χ1v) is 12.1. The van der Waals surface area contributed by atoms with Crippen molar-refractivity contribution in [2.45, 2.75) is 40.5 Å². The highest BCUT2D eigenvalue weighted by molar-refractivity contribution is 6.01. The van der Waals surface area contributed by atoms with Crippen molar-refractivity contribution in [3.63, 3.8) is 0 Å². The standard InChI is InChI=1S/C20H21N3O.C10H15N/c1-14-6-7-16(15(2)12-14)8-11-22-20(24)23-19-5-3-4-17-13-21-10-9-18(17)19;1-8-3-4-10(5-6-11)9(2)7-8/h3-7,9-10,12-13H,8,11H2,1-2H3,(H2,22,23,24);3-4,7H,5-6,11H2,1-2H3. The lowest BCUT2D eigenvalue weighted by molar-refractivity contribution is 0.252. The summed E-state index contributed by atoms with van der Waals surface area (Å²) >= 11 is 0. The minimum Gasteiger partial charge on any atom is -0.338 e. The van der Waals surface area contributed by atoms with E-state index in [2.05, 4.69) is 79.7 Å². The molecule has 0 fully saturated rings. The summed E-state index contributed by atoms with van der Waals surface area (Å²) < 4.78 is 0. The minimum atomic E-state index is -0.191. The number of aryl methyl sites for hydroxylation is 4. The average Bonchev–Trinajstić information content (AvgIpc) is 2.83. The summed E-state index contributed by atoms with van der Waals surface area (Å²) in [6.45, 7) is 9.78. The fraction of sp³-hybridized carbons (Fsp3) is 0.267. The van der Waals surface area contributed by atoms with Gasteiger partial charge in [0.1, 0.15) is 0 Å². The molecule has 0 saturated heterocycles. The lowest BCUT2D eigenvalue weighted by Crippen LogP contribution is -2.30. The summed E-state index contributed by atoms with van der Waals surface area (Å²) in [5.41, 5.74) is 14.1. The number of aromatic nitrogens is 1. The van der Waals surface area contributed by atoms with Crippen LogP contribution in [-0.2, 0) is 12.8 Å². The number of carbonyl (C=O) groups is 1. The van der Waals surface area contributed by atoms with Gasteiger partial charge < -0.3 is 16.4 Å². The summed E-state index contributed by atoms with van der Waals surface area (Å²) in [6, 6.07) is 20.4. The lowest BCUT2D eigenvalue weighted by Gasteiger charge is -2.11. The zero-order chi connectivity index (χ0) is 25.2. The normalized spacial score (nSPS) is 10.4. The monoisotopic (exact) mass is 468 g/mol. The summed E-state index contributed by atoms with van der Waals surface area (Å²) in [4.78, 5) is 16.2. The van der Waals surface area contributed by atoms with Crippen LogP contribution in [0.25, 0.3) is 10.8 Å². The van der Waals surface area contributed by atoms with Crippen LogP contribution < -0.4 is 16.4 Å². The van der Waals surface area contributed by atoms with Gasteiger partial charge in [0.2, 0.25) is 0 Å². The number of hydrogen-bond donors (Lipinski definition) is 3. The zero-order valence-corrected chi connectivity index (χ0v) is 21.2. The molecule has 35 heavy (non-hydrogen) atoms. The molecule has 0 saturated carbocycles. The number of carbonyl (C=O) groups excluding carboxylic acids is 1. The molecule has 0 unspecified atom stereocenters. The van der Waals surface area contributed by atoms with Crippen LogP contribution in [0.15, 0.2) is 73.1 Å². The molecule has 0 spiro atoms. The highest BCUT2D eigenvalue weighted by Crippen LogP contribution is 2.22. The molecule has 4 rings (SSSR count). The Balaban J connectivity index is 0.000000261. The SMILES string of the molecule is Cc1ccc(CCN)c(C)c1.Cc1ccc(CCNC(=O)Nc2cccc3cnccc23)c(C)c1. The second-order valence-corrected chi connectivity index (χ2v) is 8.93. The van der Waals surface area contributed by atoms with Crippen molar-refractivity contribution in [2.75, 3.05) is 18.4 Å². The molecule has 0 atom stereocenters. The minimum absolute atomic E-state index is 0.191. The van der Waals surface area contributed by atoms with Crippen molar-refractivity contribution in [1.82, 2.24) is 10.3 Å².